The summed E-state index contributed by atoms with van der Waals surface area (Å²) in [5.74, 6) is 1.65. The first kappa shape index (κ1) is 17.6. The standard InChI is InChI=1S/C18H34N2O2/c1-13-8-9-15(11-14(13)2)19-12-16-7-6-10-20(16)17(21)22-18(3,4)5/h13-16,19H,6-12H2,1-5H3. The van der Waals surface area contributed by atoms with E-state index in [1.54, 1.807) is 0 Å². The molecule has 2 rings (SSSR count). The van der Waals surface area contributed by atoms with Gasteiger partial charge in [-0.05, 0) is 64.7 Å². The summed E-state index contributed by atoms with van der Waals surface area (Å²) >= 11 is 0. The van der Waals surface area contributed by atoms with Gasteiger partial charge in [-0.3, -0.25) is 0 Å². The molecule has 0 aromatic carbocycles. The summed E-state index contributed by atoms with van der Waals surface area (Å²) < 4.78 is 5.53. The van der Waals surface area contributed by atoms with E-state index in [9.17, 15) is 4.79 Å². The lowest BCUT2D eigenvalue weighted by Gasteiger charge is -2.34. The normalized spacial score (nSPS) is 33.0. The van der Waals surface area contributed by atoms with Crippen molar-refractivity contribution in [3.05, 3.63) is 0 Å². The summed E-state index contributed by atoms with van der Waals surface area (Å²) in [5, 5.41) is 3.71. The molecule has 128 valence electrons. The van der Waals surface area contributed by atoms with Gasteiger partial charge in [-0.1, -0.05) is 13.8 Å². The SMILES string of the molecule is CC1CCC(NCC2CCCN2C(=O)OC(C)(C)C)CC1C. The van der Waals surface area contributed by atoms with E-state index >= 15 is 0 Å². The lowest BCUT2D eigenvalue weighted by molar-refractivity contribution is 0.0222. The zero-order valence-electron chi connectivity index (χ0n) is 15.0. The monoisotopic (exact) mass is 310 g/mol. The predicted molar refractivity (Wildman–Crippen MR) is 89.9 cm³/mol. The van der Waals surface area contributed by atoms with E-state index in [4.69, 9.17) is 4.74 Å². The van der Waals surface area contributed by atoms with E-state index in [1.807, 2.05) is 25.7 Å². The molecule has 22 heavy (non-hydrogen) atoms. The van der Waals surface area contributed by atoms with Crippen LogP contribution in [0.25, 0.3) is 0 Å². The van der Waals surface area contributed by atoms with Crippen LogP contribution in [-0.4, -0.2) is 41.8 Å². The molecule has 1 saturated carbocycles. The van der Waals surface area contributed by atoms with Crippen LogP contribution < -0.4 is 5.32 Å². The van der Waals surface area contributed by atoms with Crippen LogP contribution in [0.1, 0.15) is 66.7 Å². The van der Waals surface area contributed by atoms with Crippen molar-refractivity contribution in [2.45, 2.75) is 84.4 Å². The van der Waals surface area contributed by atoms with Crippen LogP contribution in [-0.2, 0) is 4.74 Å². The summed E-state index contributed by atoms with van der Waals surface area (Å²) in [7, 11) is 0. The van der Waals surface area contributed by atoms with Gasteiger partial charge in [0.15, 0.2) is 0 Å². The molecule has 0 bridgehead atoms. The minimum Gasteiger partial charge on any atom is -0.444 e. The fourth-order valence-electron chi connectivity index (χ4n) is 3.64. The van der Waals surface area contributed by atoms with Gasteiger partial charge in [0.2, 0.25) is 0 Å². The Labute approximate surface area is 136 Å². The number of carbonyl (C=O) groups excluding carboxylic acids is 1. The maximum atomic E-state index is 12.3. The third kappa shape index (κ3) is 4.87. The van der Waals surface area contributed by atoms with E-state index in [1.165, 1.54) is 19.3 Å². The molecule has 1 heterocycles. The molecule has 1 amide bonds. The predicted octanol–water partition coefficient (Wildman–Crippen LogP) is 3.80. The highest BCUT2D eigenvalue weighted by Crippen LogP contribution is 2.29. The second kappa shape index (κ2) is 7.20. The average molecular weight is 310 g/mol. The largest absolute Gasteiger partial charge is 0.444 e. The highest BCUT2D eigenvalue weighted by molar-refractivity contribution is 5.69. The van der Waals surface area contributed by atoms with Gasteiger partial charge in [0, 0.05) is 25.2 Å². The van der Waals surface area contributed by atoms with Crippen molar-refractivity contribution in [1.29, 1.82) is 0 Å². The number of hydrogen-bond acceptors (Lipinski definition) is 3. The fourth-order valence-corrected chi connectivity index (χ4v) is 3.64. The number of nitrogens with one attached hydrogen (secondary N) is 1. The van der Waals surface area contributed by atoms with Crippen LogP contribution in [0.3, 0.4) is 0 Å². The summed E-state index contributed by atoms with van der Waals surface area (Å²) in [6.45, 7) is 12.3. The maximum absolute atomic E-state index is 12.3. The highest BCUT2D eigenvalue weighted by Gasteiger charge is 2.33. The zero-order valence-corrected chi connectivity index (χ0v) is 15.0. The molecular formula is C18H34N2O2. The second-order valence-corrected chi connectivity index (χ2v) is 8.34. The van der Waals surface area contributed by atoms with E-state index in [0.29, 0.717) is 12.1 Å². The first-order valence-corrected chi connectivity index (χ1v) is 8.99. The Hall–Kier alpha value is -0.770. The molecule has 0 aromatic heterocycles. The van der Waals surface area contributed by atoms with E-state index in [-0.39, 0.29) is 6.09 Å². The first-order valence-electron chi connectivity index (χ1n) is 8.99. The quantitative estimate of drug-likeness (QED) is 0.862. The molecular weight excluding hydrogens is 276 g/mol. The summed E-state index contributed by atoms with van der Waals surface area (Å²) in [4.78, 5) is 14.2. The molecule has 1 aliphatic carbocycles. The zero-order chi connectivity index (χ0) is 16.3. The Balaban J connectivity index is 1.80. The van der Waals surface area contributed by atoms with Crippen molar-refractivity contribution in [2.75, 3.05) is 13.1 Å². The summed E-state index contributed by atoms with van der Waals surface area (Å²) in [5.41, 5.74) is -0.410. The number of amides is 1. The molecule has 0 spiro atoms. The molecule has 0 radical (unpaired) electrons. The minimum absolute atomic E-state index is 0.151. The Bertz CT molecular complexity index is 378. The molecule has 4 atom stereocenters. The van der Waals surface area contributed by atoms with Crippen LogP contribution in [0.4, 0.5) is 4.79 Å². The molecule has 4 unspecified atom stereocenters. The van der Waals surface area contributed by atoms with Gasteiger partial charge in [0.25, 0.3) is 0 Å². The van der Waals surface area contributed by atoms with Crippen LogP contribution in [0.5, 0.6) is 0 Å². The van der Waals surface area contributed by atoms with Crippen molar-refractivity contribution >= 4 is 6.09 Å². The van der Waals surface area contributed by atoms with Gasteiger partial charge in [-0.15, -0.1) is 0 Å². The smallest absolute Gasteiger partial charge is 0.410 e. The fraction of sp³-hybridized carbons (Fsp3) is 0.944. The van der Waals surface area contributed by atoms with Crippen molar-refractivity contribution in [1.82, 2.24) is 10.2 Å². The number of ether oxygens (including phenoxy) is 1. The number of carbonyl (C=O) groups is 1. The van der Waals surface area contributed by atoms with Gasteiger partial charge in [-0.25, -0.2) is 4.79 Å². The lowest BCUT2D eigenvalue weighted by atomic mass is 9.79. The van der Waals surface area contributed by atoms with Crippen LogP contribution in [0.2, 0.25) is 0 Å². The Kier molecular flexibility index (Phi) is 5.76. The Morgan fingerprint density at radius 2 is 1.91 bits per heavy atom. The summed E-state index contributed by atoms with van der Waals surface area (Å²) in [6.07, 6.45) is 5.88. The average Bonchev–Trinajstić information content (AvgIpc) is 2.87. The van der Waals surface area contributed by atoms with Crippen molar-refractivity contribution in [3.8, 4) is 0 Å². The maximum Gasteiger partial charge on any atom is 0.410 e. The molecule has 2 aliphatic rings. The minimum atomic E-state index is -0.410. The van der Waals surface area contributed by atoms with Gasteiger partial charge < -0.3 is 15.0 Å². The molecule has 1 N–H and O–H groups in total. The molecule has 1 saturated heterocycles. The van der Waals surface area contributed by atoms with Crippen LogP contribution in [0, 0.1) is 11.8 Å². The molecule has 4 heteroatoms. The molecule has 4 nitrogen and oxygen atoms in total. The van der Waals surface area contributed by atoms with Crippen molar-refractivity contribution < 1.29 is 9.53 Å². The van der Waals surface area contributed by atoms with E-state index in [2.05, 4.69) is 19.2 Å². The van der Waals surface area contributed by atoms with Gasteiger partial charge >= 0.3 is 6.09 Å². The van der Waals surface area contributed by atoms with Crippen molar-refractivity contribution in [3.63, 3.8) is 0 Å². The highest BCUT2D eigenvalue weighted by atomic mass is 16.6. The van der Waals surface area contributed by atoms with E-state index < -0.39 is 5.60 Å². The molecule has 2 fully saturated rings. The van der Waals surface area contributed by atoms with Gasteiger partial charge in [0.1, 0.15) is 5.60 Å². The Morgan fingerprint density at radius 3 is 2.55 bits per heavy atom. The van der Waals surface area contributed by atoms with Crippen molar-refractivity contribution in [2.24, 2.45) is 11.8 Å². The first-order chi connectivity index (χ1) is 10.3. The van der Waals surface area contributed by atoms with Crippen LogP contribution in [0.15, 0.2) is 0 Å². The number of nitrogens with zero attached hydrogens (tertiary/aromatic N) is 1. The Morgan fingerprint density at radius 1 is 1.18 bits per heavy atom. The lowest BCUT2D eigenvalue weighted by Crippen LogP contribution is -2.47. The second-order valence-electron chi connectivity index (χ2n) is 8.34. The van der Waals surface area contributed by atoms with E-state index in [0.717, 1.165) is 37.8 Å². The van der Waals surface area contributed by atoms with Gasteiger partial charge in [0.05, 0.1) is 0 Å². The number of likely N-dealkylation sites (tertiary alicyclic amines) is 1. The topological polar surface area (TPSA) is 41.6 Å². The van der Waals surface area contributed by atoms with Gasteiger partial charge in [-0.2, -0.15) is 0 Å². The van der Waals surface area contributed by atoms with Crippen LogP contribution >= 0.6 is 0 Å². The third-order valence-corrected chi connectivity index (χ3v) is 5.25. The number of hydrogen-bond donors (Lipinski definition) is 1. The third-order valence-electron chi connectivity index (χ3n) is 5.25. The molecule has 1 aliphatic heterocycles. The number of rotatable bonds is 3. The molecule has 0 aromatic rings. The summed E-state index contributed by atoms with van der Waals surface area (Å²) in [6, 6.07) is 0.914.